The van der Waals surface area contributed by atoms with E-state index in [1.165, 1.54) is 9.87 Å². The predicted molar refractivity (Wildman–Crippen MR) is 114 cm³/mol. The molecular formula is C21H25N3O5S. The number of hydrogen-bond acceptors (Lipinski definition) is 6. The average molecular weight is 432 g/mol. The Morgan fingerprint density at radius 2 is 1.80 bits per heavy atom. The molecule has 0 spiro atoms. The number of rotatable bonds is 6. The van der Waals surface area contributed by atoms with Crippen LogP contribution in [0.1, 0.15) is 15.9 Å². The molecule has 2 aromatic carbocycles. The van der Waals surface area contributed by atoms with E-state index in [4.69, 9.17) is 9.47 Å². The second-order valence-corrected chi connectivity index (χ2v) is 9.45. The van der Waals surface area contributed by atoms with Crippen molar-refractivity contribution in [1.82, 2.24) is 9.62 Å². The van der Waals surface area contributed by atoms with Gasteiger partial charge in [-0.05, 0) is 42.8 Å². The molecule has 160 valence electrons. The Morgan fingerprint density at radius 3 is 2.57 bits per heavy atom. The number of hydrogen-bond donors (Lipinski definition) is 1. The fraction of sp³-hybridized carbons (Fsp3) is 0.381. The summed E-state index contributed by atoms with van der Waals surface area (Å²) in [5, 5.41) is 2.67. The van der Waals surface area contributed by atoms with Gasteiger partial charge < -0.3 is 19.7 Å². The fourth-order valence-electron chi connectivity index (χ4n) is 3.61. The third-order valence-corrected chi connectivity index (χ3v) is 7.15. The molecule has 2 aromatic rings. The van der Waals surface area contributed by atoms with Gasteiger partial charge in [-0.25, -0.2) is 8.42 Å². The Hall–Kier alpha value is -2.78. The molecule has 0 radical (unpaired) electrons. The SMILES string of the molecule is Cc1cccc(N2CCN(S(=O)(=O)CCNC(=O)c3ccc4c(c3)OCO4)CC2)c1. The van der Waals surface area contributed by atoms with Crippen LogP contribution in [0.3, 0.4) is 0 Å². The highest BCUT2D eigenvalue weighted by molar-refractivity contribution is 7.89. The zero-order chi connectivity index (χ0) is 21.1. The minimum atomic E-state index is -3.44. The van der Waals surface area contributed by atoms with E-state index >= 15 is 0 Å². The molecule has 8 nitrogen and oxygen atoms in total. The number of amides is 1. The first-order valence-electron chi connectivity index (χ1n) is 9.90. The van der Waals surface area contributed by atoms with Gasteiger partial charge in [0.2, 0.25) is 16.8 Å². The number of sulfonamides is 1. The van der Waals surface area contributed by atoms with E-state index in [0.717, 1.165) is 5.69 Å². The minimum absolute atomic E-state index is 0.0493. The number of nitrogens with one attached hydrogen (secondary N) is 1. The van der Waals surface area contributed by atoms with Gasteiger partial charge >= 0.3 is 0 Å². The van der Waals surface area contributed by atoms with Crippen molar-refractivity contribution in [2.45, 2.75) is 6.92 Å². The fourth-order valence-corrected chi connectivity index (χ4v) is 4.95. The number of nitrogens with zero attached hydrogens (tertiary/aromatic N) is 2. The van der Waals surface area contributed by atoms with E-state index in [9.17, 15) is 13.2 Å². The highest BCUT2D eigenvalue weighted by atomic mass is 32.2. The number of anilines is 1. The predicted octanol–water partition coefficient (Wildman–Crippen LogP) is 1.61. The summed E-state index contributed by atoms with van der Waals surface area (Å²) in [5.74, 6) is 0.641. The molecule has 4 rings (SSSR count). The molecule has 1 N–H and O–H groups in total. The van der Waals surface area contributed by atoms with Gasteiger partial charge in [-0.1, -0.05) is 12.1 Å². The molecule has 0 aliphatic carbocycles. The molecule has 30 heavy (non-hydrogen) atoms. The van der Waals surface area contributed by atoms with Crippen molar-refractivity contribution in [1.29, 1.82) is 0 Å². The summed E-state index contributed by atoms with van der Waals surface area (Å²) in [6.07, 6.45) is 0. The number of aryl methyl sites for hydroxylation is 1. The van der Waals surface area contributed by atoms with E-state index in [1.54, 1.807) is 18.2 Å². The first-order chi connectivity index (χ1) is 14.4. The molecular weight excluding hydrogens is 406 g/mol. The molecule has 2 aliphatic heterocycles. The van der Waals surface area contributed by atoms with Crippen molar-refractivity contribution < 1.29 is 22.7 Å². The van der Waals surface area contributed by atoms with Crippen LogP contribution in [0.15, 0.2) is 42.5 Å². The number of benzene rings is 2. The van der Waals surface area contributed by atoms with Crippen molar-refractivity contribution in [3.05, 3.63) is 53.6 Å². The third-order valence-electron chi connectivity index (χ3n) is 5.28. The quantitative estimate of drug-likeness (QED) is 0.748. The molecule has 1 amide bonds. The van der Waals surface area contributed by atoms with Crippen LogP contribution in [0.4, 0.5) is 5.69 Å². The van der Waals surface area contributed by atoms with E-state index in [2.05, 4.69) is 16.3 Å². The summed E-state index contributed by atoms with van der Waals surface area (Å²) in [6.45, 7) is 4.39. The zero-order valence-electron chi connectivity index (χ0n) is 16.8. The first-order valence-corrected chi connectivity index (χ1v) is 11.5. The summed E-state index contributed by atoms with van der Waals surface area (Å²) in [6, 6.07) is 13.1. The number of fused-ring (bicyclic) bond motifs is 1. The maximum atomic E-state index is 12.7. The van der Waals surface area contributed by atoms with Crippen molar-refractivity contribution in [3.8, 4) is 11.5 Å². The lowest BCUT2D eigenvalue weighted by molar-refractivity contribution is 0.0955. The molecule has 0 unspecified atom stereocenters. The molecule has 2 heterocycles. The molecule has 2 aliphatic rings. The van der Waals surface area contributed by atoms with E-state index in [1.807, 2.05) is 25.1 Å². The average Bonchev–Trinajstić information content (AvgIpc) is 3.21. The molecule has 1 fully saturated rings. The van der Waals surface area contributed by atoms with Gasteiger partial charge in [0, 0.05) is 44.0 Å². The number of carbonyl (C=O) groups excluding carboxylic acids is 1. The summed E-state index contributed by atoms with van der Waals surface area (Å²) in [7, 11) is -3.44. The number of ether oxygens (including phenoxy) is 2. The lowest BCUT2D eigenvalue weighted by atomic mass is 10.2. The zero-order valence-corrected chi connectivity index (χ0v) is 17.7. The molecule has 0 saturated carbocycles. The van der Waals surface area contributed by atoms with Gasteiger partial charge in [0.15, 0.2) is 11.5 Å². The largest absolute Gasteiger partial charge is 0.454 e. The Balaban J connectivity index is 1.27. The van der Waals surface area contributed by atoms with Crippen LogP contribution in [-0.2, 0) is 10.0 Å². The van der Waals surface area contributed by atoms with Crippen molar-refractivity contribution in [3.63, 3.8) is 0 Å². The maximum Gasteiger partial charge on any atom is 0.251 e. The van der Waals surface area contributed by atoms with Crippen molar-refractivity contribution in [2.75, 3.05) is 50.2 Å². The topological polar surface area (TPSA) is 88.2 Å². The molecule has 0 atom stereocenters. The molecule has 0 aromatic heterocycles. The van der Waals surface area contributed by atoms with Crippen LogP contribution < -0.4 is 19.7 Å². The number of piperazine rings is 1. The van der Waals surface area contributed by atoms with E-state index < -0.39 is 10.0 Å². The molecule has 9 heteroatoms. The second-order valence-electron chi connectivity index (χ2n) is 7.37. The van der Waals surface area contributed by atoms with Gasteiger partial charge in [0.25, 0.3) is 5.91 Å². The first kappa shape index (κ1) is 20.5. The minimum Gasteiger partial charge on any atom is -0.454 e. The van der Waals surface area contributed by atoms with Crippen LogP contribution in [0.25, 0.3) is 0 Å². The lowest BCUT2D eigenvalue weighted by Crippen LogP contribution is -2.50. The van der Waals surface area contributed by atoms with Gasteiger partial charge in [-0.2, -0.15) is 4.31 Å². The van der Waals surface area contributed by atoms with E-state index in [-0.39, 0.29) is 25.0 Å². The standard InChI is InChI=1S/C21H25N3O5S/c1-16-3-2-4-18(13-16)23-8-10-24(11-9-23)30(26,27)12-7-22-21(25)17-5-6-19-20(14-17)29-15-28-19/h2-6,13-14H,7-12,15H2,1H3,(H,22,25). The van der Waals surface area contributed by atoms with Crippen LogP contribution in [0.2, 0.25) is 0 Å². The van der Waals surface area contributed by atoms with Gasteiger partial charge in [-0.15, -0.1) is 0 Å². The summed E-state index contributed by atoms with van der Waals surface area (Å²) in [4.78, 5) is 14.5. The molecule has 1 saturated heterocycles. The summed E-state index contributed by atoms with van der Waals surface area (Å²) < 4.78 is 37.3. The number of carbonyl (C=O) groups is 1. The Bertz CT molecular complexity index is 1030. The Labute approximate surface area is 176 Å². The van der Waals surface area contributed by atoms with Crippen LogP contribution in [0, 0.1) is 6.92 Å². The Morgan fingerprint density at radius 1 is 1.03 bits per heavy atom. The summed E-state index contributed by atoms with van der Waals surface area (Å²) >= 11 is 0. The smallest absolute Gasteiger partial charge is 0.251 e. The highest BCUT2D eigenvalue weighted by Gasteiger charge is 2.27. The normalized spacial score (nSPS) is 16.5. The van der Waals surface area contributed by atoms with Crippen molar-refractivity contribution >= 4 is 21.6 Å². The van der Waals surface area contributed by atoms with Crippen LogP contribution in [-0.4, -0.2) is 63.9 Å². The van der Waals surface area contributed by atoms with Gasteiger partial charge in [-0.3, -0.25) is 4.79 Å². The maximum absolute atomic E-state index is 12.7. The Kier molecular flexibility index (Phi) is 5.83. The van der Waals surface area contributed by atoms with Crippen LogP contribution >= 0.6 is 0 Å². The van der Waals surface area contributed by atoms with Crippen molar-refractivity contribution in [2.24, 2.45) is 0 Å². The van der Waals surface area contributed by atoms with Gasteiger partial charge in [0.05, 0.1) is 5.75 Å². The molecule has 0 bridgehead atoms. The van der Waals surface area contributed by atoms with Crippen LogP contribution in [0.5, 0.6) is 11.5 Å². The lowest BCUT2D eigenvalue weighted by Gasteiger charge is -2.35. The highest BCUT2D eigenvalue weighted by Crippen LogP contribution is 2.32. The summed E-state index contributed by atoms with van der Waals surface area (Å²) in [5.41, 5.74) is 2.70. The second kappa shape index (κ2) is 8.53. The van der Waals surface area contributed by atoms with E-state index in [0.29, 0.717) is 43.2 Å². The third kappa shape index (κ3) is 4.52. The van der Waals surface area contributed by atoms with Gasteiger partial charge in [0.1, 0.15) is 0 Å². The monoisotopic (exact) mass is 431 g/mol.